The van der Waals surface area contributed by atoms with E-state index < -0.39 is 0 Å². The third-order valence-electron chi connectivity index (χ3n) is 4.81. The highest BCUT2D eigenvalue weighted by atomic mass is 16.7. The number of hydrogen-bond donors (Lipinski definition) is 1. The van der Waals surface area contributed by atoms with E-state index in [1.807, 2.05) is 4.90 Å². The van der Waals surface area contributed by atoms with Gasteiger partial charge < -0.3 is 24.4 Å². The molecule has 0 bridgehead atoms. The van der Waals surface area contributed by atoms with Gasteiger partial charge in [0.25, 0.3) is 0 Å². The summed E-state index contributed by atoms with van der Waals surface area (Å²) < 4.78 is 16.0. The van der Waals surface area contributed by atoms with Crippen LogP contribution < -0.4 is 19.5 Å². The monoisotopic (exact) mass is 377 g/mol. The molecule has 1 saturated heterocycles. The first-order valence-electron chi connectivity index (χ1n) is 9.38. The fourth-order valence-electron chi connectivity index (χ4n) is 3.22. The summed E-state index contributed by atoms with van der Waals surface area (Å²) in [6, 6.07) is 3.42. The van der Waals surface area contributed by atoms with Crippen LogP contribution >= 0.6 is 0 Å². The fourth-order valence-corrected chi connectivity index (χ4v) is 3.22. The lowest BCUT2D eigenvalue weighted by Gasteiger charge is -2.34. The molecular weight excluding hydrogens is 350 g/mol. The number of methoxy groups -OCH3 is 1. The van der Waals surface area contributed by atoms with Crippen molar-refractivity contribution in [2.45, 2.75) is 26.2 Å². The predicted octanol–water partition coefficient (Wildman–Crippen LogP) is 1.70. The Morgan fingerprint density at radius 1 is 1.15 bits per heavy atom. The van der Waals surface area contributed by atoms with Gasteiger partial charge in [-0.2, -0.15) is 0 Å². The standard InChI is InChI=1S/C19H27N3O5/c1-3-4-5-19(24)22-8-6-21(7-9-22)12-18(23)20-14-10-16-17(27-13-26-16)11-15(14)25-2/h10-11H,3-9,12-13H2,1-2H3,(H,20,23). The second-order valence-corrected chi connectivity index (χ2v) is 6.71. The van der Waals surface area contributed by atoms with Gasteiger partial charge in [-0.05, 0) is 6.42 Å². The maximum Gasteiger partial charge on any atom is 0.238 e. The number of piperazine rings is 1. The minimum Gasteiger partial charge on any atom is -0.494 e. The van der Waals surface area contributed by atoms with Gasteiger partial charge in [0.15, 0.2) is 11.5 Å². The smallest absolute Gasteiger partial charge is 0.238 e. The zero-order chi connectivity index (χ0) is 19.2. The van der Waals surface area contributed by atoms with E-state index in [-0.39, 0.29) is 25.2 Å². The number of fused-ring (bicyclic) bond motifs is 1. The molecule has 0 aliphatic carbocycles. The Morgan fingerprint density at radius 3 is 2.52 bits per heavy atom. The average Bonchev–Trinajstić information content (AvgIpc) is 3.13. The molecule has 0 atom stereocenters. The van der Waals surface area contributed by atoms with Gasteiger partial charge >= 0.3 is 0 Å². The SMILES string of the molecule is CCCCC(=O)N1CCN(CC(=O)Nc2cc3c(cc2OC)OCO3)CC1. The third kappa shape index (κ3) is 4.82. The largest absolute Gasteiger partial charge is 0.494 e. The van der Waals surface area contributed by atoms with E-state index in [0.29, 0.717) is 55.5 Å². The maximum absolute atomic E-state index is 12.4. The molecule has 1 fully saturated rings. The zero-order valence-electron chi connectivity index (χ0n) is 16.0. The topological polar surface area (TPSA) is 80.3 Å². The van der Waals surface area contributed by atoms with Gasteiger partial charge in [0.1, 0.15) is 5.75 Å². The van der Waals surface area contributed by atoms with Gasteiger partial charge in [-0.3, -0.25) is 14.5 Å². The second kappa shape index (κ2) is 8.94. The van der Waals surface area contributed by atoms with Crippen LogP contribution in [0.15, 0.2) is 12.1 Å². The van der Waals surface area contributed by atoms with Crippen molar-refractivity contribution in [3.8, 4) is 17.2 Å². The lowest BCUT2D eigenvalue weighted by molar-refractivity contribution is -0.133. The van der Waals surface area contributed by atoms with Gasteiger partial charge in [-0.15, -0.1) is 0 Å². The summed E-state index contributed by atoms with van der Waals surface area (Å²) in [4.78, 5) is 28.5. The van der Waals surface area contributed by atoms with Gasteiger partial charge in [-0.1, -0.05) is 13.3 Å². The van der Waals surface area contributed by atoms with Crippen molar-refractivity contribution >= 4 is 17.5 Å². The molecule has 27 heavy (non-hydrogen) atoms. The summed E-state index contributed by atoms with van der Waals surface area (Å²) in [6.45, 7) is 5.25. The van der Waals surface area contributed by atoms with E-state index in [1.54, 1.807) is 19.2 Å². The van der Waals surface area contributed by atoms with E-state index in [9.17, 15) is 9.59 Å². The molecule has 3 rings (SSSR count). The van der Waals surface area contributed by atoms with E-state index in [2.05, 4.69) is 17.1 Å². The maximum atomic E-state index is 12.4. The first-order valence-corrected chi connectivity index (χ1v) is 9.38. The molecule has 0 saturated carbocycles. The molecule has 1 aromatic carbocycles. The first kappa shape index (κ1) is 19.3. The normalized spacial score (nSPS) is 16.3. The van der Waals surface area contributed by atoms with Gasteiger partial charge in [-0.25, -0.2) is 0 Å². The number of unbranched alkanes of at least 4 members (excludes halogenated alkanes) is 1. The van der Waals surface area contributed by atoms with Crippen molar-refractivity contribution in [1.82, 2.24) is 9.80 Å². The molecule has 148 valence electrons. The average molecular weight is 377 g/mol. The Morgan fingerprint density at radius 2 is 1.85 bits per heavy atom. The van der Waals surface area contributed by atoms with Gasteiger partial charge in [0.2, 0.25) is 18.6 Å². The van der Waals surface area contributed by atoms with Crippen LogP contribution in [0.3, 0.4) is 0 Å². The molecule has 0 radical (unpaired) electrons. The number of rotatable bonds is 7. The number of ether oxygens (including phenoxy) is 3. The quantitative estimate of drug-likeness (QED) is 0.779. The molecule has 1 aromatic rings. The third-order valence-corrected chi connectivity index (χ3v) is 4.81. The van der Waals surface area contributed by atoms with E-state index in [1.165, 1.54) is 0 Å². The van der Waals surface area contributed by atoms with Crippen molar-refractivity contribution in [2.24, 2.45) is 0 Å². The van der Waals surface area contributed by atoms with Crippen molar-refractivity contribution in [3.05, 3.63) is 12.1 Å². The van der Waals surface area contributed by atoms with Crippen LogP contribution in [0.2, 0.25) is 0 Å². The molecule has 0 spiro atoms. The van der Waals surface area contributed by atoms with Crippen LogP contribution in [0, 0.1) is 0 Å². The predicted molar refractivity (Wildman–Crippen MR) is 100 cm³/mol. The number of carbonyl (C=O) groups is 2. The number of hydrogen-bond acceptors (Lipinski definition) is 6. The number of nitrogens with one attached hydrogen (secondary N) is 1. The molecule has 2 aliphatic heterocycles. The summed E-state index contributed by atoms with van der Waals surface area (Å²) in [7, 11) is 1.54. The van der Waals surface area contributed by atoms with Crippen molar-refractivity contribution in [2.75, 3.05) is 51.9 Å². The summed E-state index contributed by atoms with van der Waals surface area (Å²) in [6.07, 6.45) is 2.56. The molecule has 1 N–H and O–H groups in total. The number of carbonyl (C=O) groups excluding carboxylic acids is 2. The molecule has 8 nitrogen and oxygen atoms in total. The Balaban J connectivity index is 1.50. The van der Waals surface area contributed by atoms with Gasteiger partial charge in [0, 0.05) is 44.7 Å². The van der Waals surface area contributed by atoms with Crippen LogP contribution in [0.4, 0.5) is 5.69 Å². The second-order valence-electron chi connectivity index (χ2n) is 6.71. The van der Waals surface area contributed by atoms with Gasteiger partial charge in [0.05, 0.1) is 19.3 Å². The minimum absolute atomic E-state index is 0.127. The van der Waals surface area contributed by atoms with Crippen molar-refractivity contribution < 1.29 is 23.8 Å². The Bertz CT molecular complexity index is 686. The highest BCUT2D eigenvalue weighted by Gasteiger charge is 2.23. The van der Waals surface area contributed by atoms with Crippen LogP contribution in [0.25, 0.3) is 0 Å². The molecule has 2 heterocycles. The fraction of sp³-hybridized carbons (Fsp3) is 0.579. The molecule has 2 amide bonds. The first-order chi connectivity index (χ1) is 13.1. The zero-order valence-corrected chi connectivity index (χ0v) is 16.0. The Hall–Kier alpha value is -2.48. The highest BCUT2D eigenvalue weighted by molar-refractivity contribution is 5.94. The Labute approximate surface area is 159 Å². The molecule has 0 aromatic heterocycles. The Kier molecular flexibility index (Phi) is 6.39. The summed E-state index contributed by atoms with van der Waals surface area (Å²) in [5.74, 6) is 1.81. The van der Waals surface area contributed by atoms with E-state index in [4.69, 9.17) is 14.2 Å². The minimum atomic E-state index is -0.127. The lowest BCUT2D eigenvalue weighted by atomic mass is 10.2. The van der Waals surface area contributed by atoms with E-state index >= 15 is 0 Å². The lowest BCUT2D eigenvalue weighted by Crippen LogP contribution is -2.50. The summed E-state index contributed by atoms with van der Waals surface area (Å²) in [5.41, 5.74) is 0.556. The van der Waals surface area contributed by atoms with Crippen LogP contribution in [0.1, 0.15) is 26.2 Å². The number of amides is 2. The van der Waals surface area contributed by atoms with Crippen molar-refractivity contribution in [3.63, 3.8) is 0 Å². The number of benzene rings is 1. The molecule has 0 unspecified atom stereocenters. The molecule has 8 heteroatoms. The molecule has 2 aliphatic rings. The van der Waals surface area contributed by atoms with Crippen LogP contribution in [0.5, 0.6) is 17.2 Å². The highest BCUT2D eigenvalue weighted by Crippen LogP contribution is 2.40. The van der Waals surface area contributed by atoms with Crippen LogP contribution in [-0.4, -0.2) is 68.2 Å². The van der Waals surface area contributed by atoms with Crippen molar-refractivity contribution in [1.29, 1.82) is 0 Å². The number of nitrogens with zero attached hydrogens (tertiary/aromatic N) is 2. The summed E-state index contributed by atoms with van der Waals surface area (Å²) >= 11 is 0. The molecular formula is C19H27N3O5. The summed E-state index contributed by atoms with van der Waals surface area (Å²) in [5, 5.41) is 2.88. The number of anilines is 1. The van der Waals surface area contributed by atoms with Crippen LogP contribution in [-0.2, 0) is 9.59 Å². The van der Waals surface area contributed by atoms with E-state index in [0.717, 1.165) is 12.8 Å².